The molecule has 1 fully saturated rings. The minimum absolute atomic E-state index is 0.0237. The van der Waals surface area contributed by atoms with Crippen molar-refractivity contribution in [1.29, 1.82) is 0 Å². The van der Waals surface area contributed by atoms with Crippen LogP contribution in [-0.4, -0.2) is 11.4 Å². The molecule has 1 saturated carbocycles. The number of benzene rings is 1. The summed E-state index contributed by atoms with van der Waals surface area (Å²) >= 11 is 3.47. The lowest BCUT2D eigenvalue weighted by molar-refractivity contribution is 0.0882. The lowest BCUT2D eigenvalue weighted by atomic mass is 9.83. The van der Waals surface area contributed by atoms with Crippen molar-refractivity contribution in [2.24, 2.45) is 0 Å². The maximum Gasteiger partial charge on any atom is 0.252 e. The quantitative estimate of drug-likeness (QED) is 0.871. The average Bonchev–Trinajstić information content (AvgIpc) is 2.33. The van der Waals surface area contributed by atoms with Crippen LogP contribution in [0.2, 0.25) is 0 Å². The first-order chi connectivity index (χ1) is 8.52. The highest BCUT2D eigenvalue weighted by Gasteiger charge is 2.29. The summed E-state index contributed by atoms with van der Waals surface area (Å²) in [5.41, 5.74) is 1.76. The first-order valence-corrected chi connectivity index (χ1v) is 7.39. The fourth-order valence-corrected chi connectivity index (χ4v) is 3.02. The van der Waals surface area contributed by atoms with E-state index in [0.717, 1.165) is 28.4 Å². The van der Waals surface area contributed by atoms with Crippen LogP contribution >= 0.6 is 15.9 Å². The second-order valence-corrected chi connectivity index (χ2v) is 6.34. The number of halogens is 1. The van der Waals surface area contributed by atoms with Gasteiger partial charge in [0, 0.05) is 15.6 Å². The number of hydrogen-bond acceptors (Lipinski definition) is 1. The van der Waals surface area contributed by atoms with Crippen molar-refractivity contribution >= 4 is 21.8 Å². The van der Waals surface area contributed by atoms with Crippen molar-refractivity contribution < 1.29 is 4.79 Å². The van der Waals surface area contributed by atoms with E-state index in [9.17, 15) is 4.79 Å². The van der Waals surface area contributed by atoms with Gasteiger partial charge in [-0.2, -0.15) is 0 Å². The first kappa shape index (κ1) is 13.6. The fraction of sp³-hybridized carbons (Fsp3) is 0.533. The molecular weight excluding hydrogens is 290 g/mol. The number of hydrogen-bond donors (Lipinski definition) is 1. The molecular formula is C15H20BrNO. The zero-order chi connectivity index (χ0) is 13.2. The molecule has 0 heterocycles. The molecule has 3 heteroatoms. The number of amides is 1. The Kier molecular flexibility index (Phi) is 4.10. The van der Waals surface area contributed by atoms with Gasteiger partial charge in [-0.25, -0.2) is 0 Å². The molecule has 0 atom stereocenters. The van der Waals surface area contributed by atoms with E-state index < -0.39 is 0 Å². The largest absolute Gasteiger partial charge is 0.347 e. The summed E-state index contributed by atoms with van der Waals surface area (Å²) in [6, 6.07) is 5.77. The van der Waals surface area contributed by atoms with Gasteiger partial charge in [0.15, 0.2) is 0 Å². The summed E-state index contributed by atoms with van der Waals surface area (Å²) in [5.74, 6) is 0.0539. The Bertz CT molecular complexity index is 450. The summed E-state index contributed by atoms with van der Waals surface area (Å²) in [7, 11) is 0. The van der Waals surface area contributed by atoms with Crippen molar-refractivity contribution in [2.75, 3.05) is 0 Å². The van der Waals surface area contributed by atoms with E-state index in [2.05, 4.69) is 28.2 Å². The summed E-state index contributed by atoms with van der Waals surface area (Å²) in [5, 5.41) is 3.22. The summed E-state index contributed by atoms with van der Waals surface area (Å²) < 4.78 is 0.990. The molecule has 2 rings (SSSR count). The number of rotatable bonds is 2. The Morgan fingerprint density at radius 2 is 1.94 bits per heavy atom. The van der Waals surface area contributed by atoms with E-state index in [1.807, 2.05) is 25.1 Å². The molecule has 0 saturated heterocycles. The van der Waals surface area contributed by atoms with Crippen molar-refractivity contribution in [2.45, 2.75) is 51.5 Å². The standard InChI is InChI=1S/C15H20BrNO/c1-11-12(7-6-8-13(11)16)14(18)17-15(2)9-4-3-5-10-15/h6-8H,3-5,9-10H2,1-2H3,(H,17,18). The third-order valence-electron chi connectivity index (χ3n) is 3.88. The molecule has 1 amide bonds. The Morgan fingerprint density at radius 3 is 2.61 bits per heavy atom. The van der Waals surface area contributed by atoms with Crippen LogP contribution in [0.25, 0.3) is 0 Å². The molecule has 0 spiro atoms. The van der Waals surface area contributed by atoms with Crippen molar-refractivity contribution in [1.82, 2.24) is 5.32 Å². The highest BCUT2D eigenvalue weighted by molar-refractivity contribution is 9.10. The average molecular weight is 310 g/mol. The number of nitrogens with one attached hydrogen (secondary N) is 1. The van der Waals surface area contributed by atoms with Crippen LogP contribution < -0.4 is 5.32 Å². The smallest absolute Gasteiger partial charge is 0.252 e. The zero-order valence-corrected chi connectivity index (χ0v) is 12.6. The monoisotopic (exact) mass is 309 g/mol. The first-order valence-electron chi connectivity index (χ1n) is 6.59. The maximum atomic E-state index is 12.4. The van der Waals surface area contributed by atoms with Gasteiger partial charge < -0.3 is 5.32 Å². The molecule has 0 radical (unpaired) electrons. The molecule has 0 aliphatic heterocycles. The van der Waals surface area contributed by atoms with Crippen LogP contribution in [0, 0.1) is 6.92 Å². The topological polar surface area (TPSA) is 29.1 Å². The van der Waals surface area contributed by atoms with Crippen LogP contribution in [0.4, 0.5) is 0 Å². The van der Waals surface area contributed by atoms with Gasteiger partial charge >= 0.3 is 0 Å². The van der Waals surface area contributed by atoms with Gasteiger partial charge in [-0.15, -0.1) is 0 Å². The second-order valence-electron chi connectivity index (χ2n) is 5.49. The lowest BCUT2D eigenvalue weighted by Gasteiger charge is -2.34. The van der Waals surface area contributed by atoms with E-state index in [-0.39, 0.29) is 11.4 Å². The van der Waals surface area contributed by atoms with Gasteiger partial charge in [0.2, 0.25) is 0 Å². The fourth-order valence-electron chi connectivity index (χ4n) is 2.65. The van der Waals surface area contributed by atoms with Crippen LogP contribution in [0.3, 0.4) is 0 Å². The Labute approximate surface area is 117 Å². The normalized spacial score (nSPS) is 18.4. The van der Waals surface area contributed by atoms with Crippen molar-refractivity contribution in [3.8, 4) is 0 Å². The van der Waals surface area contributed by atoms with Crippen molar-refractivity contribution in [3.63, 3.8) is 0 Å². The zero-order valence-electron chi connectivity index (χ0n) is 11.1. The molecule has 98 valence electrons. The van der Waals surface area contributed by atoms with Gasteiger partial charge in [0.25, 0.3) is 5.91 Å². The van der Waals surface area contributed by atoms with Gasteiger partial charge in [0.1, 0.15) is 0 Å². The number of carbonyl (C=O) groups excluding carboxylic acids is 1. The lowest BCUT2D eigenvalue weighted by Crippen LogP contribution is -2.47. The third-order valence-corrected chi connectivity index (χ3v) is 4.74. The summed E-state index contributed by atoms with van der Waals surface area (Å²) in [6.45, 7) is 4.14. The third kappa shape index (κ3) is 2.94. The SMILES string of the molecule is Cc1c(Br)cccc1C(=O)NC1(C)CCCCC1. The second kappa shape index (κ2) is 5.43. The number of carbonyl (C=O) groups is 1. The van der Waals surface area contributed by atoms with E-state index in [1.54, 1.807) is 0 Å². The van der Waals surface area contributed by atoms with Crippen molar-refractivity contribution in [3.05, 3.63) is 33.8 Å². The predicted molar refractivity (Wildman–Crippen MR) is 77.8 cm³/mol. The molecule has 0 unspecified atom stereocenters. The minimum atomic E-state index is -0.0237. The van der Waals surface area contributed by atoms with E-state index in [0.29, 0.717) is 0 Å². The molecule has 2 nitrogen and oxygen atoms in total. The van der Waals surface area contributed by atoms with E-state index in [4.69, 9.17) is 0 Å². The highest BCUT2D eigenvalue weighted by atomic mass is 79.9. The van der Waals surface area contributed by atoms with Gasteiger partial charge in [-0.05, 0) is 44.4 Å². The molecule has 0 aromatic heterocycles. The molecule has 1 aliphatic carbocycles. The van der Waals surface area contributed by atoms with E-state index >= 15 is 0 Å². The molecule has 1 N–H and O–H groups in total. The predicted octanol–water partition coefficient (Wildman–Crippen LogP) is 4.21. The van der Waals surface area contributed by atoms with Gasteiger partial charge in [0.05, 0.1) is 0 Å². The maximum absolute atomic E-state index is 12.4. The molecule has 1 aromatic carbocycles. The molecule has 1 aromatic rings. The summed E-state index contributed by atoms with van der Waals surface area (Å²) in [6.07, 6.45) is 5.90. The molecule has 1 aliphatic rings. The summed E-state index contributed by atoms with van der Waals surface area (Å²) in [4.78, 5) is 12.4. The highest BCUT2D eigenvalue weighted by Crippen LogP contribution is 2.28. The van der Waals surface area contributed by atoms with Crippen LogP contribution in [0.5, 0.6) is 0 Å². The van der Waals surface area contributed by atoms with E-state index in [1.165, 1.54) is 19.3 Å². The molecule has 18 heavy (non-hydrogen) atoms. The van der Waals surface area contributed by atoms with Crippen LogP contribution in [0.15, 0.2) is 22.7 Å². The minimum Gasteiger partial charge on any atom is -0.347 e. The Hall–Kier alpha value is -0.830. The Balaban J connectivity index is 2.14. The molecule has 0 bridgehead atoms. The van der Waals surface area contributed by atoms with Crippen LogP contribution in [0.1, 0.15) is 54.9 Å². The van der Waals surface area contributed by atoms with Crippen LogP contribution in [-0.2, 0) is 0 Å². The van der Waals surface area contributed by atoms with Gasteiger partial charge in [-0.1, -0.05) is 41.3 Å². The van der Waals surface area contributed by atoms with Gasteiger partial charge in [-0.3, -0.25) is 4.79 Å². The Morgan fingerprint density at radius 1 is 1.28 bits per heavy atom.